The zero-order valence-corrected chi connectivity index (χ0v) is 14.5. The van der Waals surface area contributed by atoms with Gasteiger partial charge < -0.3 is 0 Å². The average molecular weight is 380 g/mol. The smallest absolute Gasteiger partial charge is 0.256 e. The quantitative estimate of drug-likeness (QED) is 0.743. The number of aromatic nitrogens is 1. The lowest BCUT2D eigenvalue weighted by molar-refractivity contribution is -0.138. The summed E-state index contributed by atoms with van der Waals surface area (Å²) >= 11 is 0. The van der Waals surface area contributed by atoms with Gasteiger partial charge in [-0.3, -0.25) is 4.98 Å². The van der Waals surface area contributed by atoms with Crippen LogP contribution in [0.3, 0.4) is 0 Å². The predicted molar refractivity (Wildman–Crippen MR) is 91.9 cm³/mol. The molecule has 3 rings (SSSR count). The Bertz CT molecular complexity index is 1060. The minimum absolute atomic E-state index is 0.0327. The van der Waals surface area contributed by atoms with Crippen LogP contribution in [0.4, 0.5) is 13.2 Å². The number of benzene rings is 2. The summed E-state index contributed by atoms with van der Waals surface area (Å²) < 4.78 is 66.3. The Kier molecular flexibility index (Phi) is 4.72. The largest absolute Gasteiger partial charge is 0.416 e. The van der Waals surface area contributed by atoms with Gasteiger partial charge in [0, 0.05) is 18.1 Å². The molecule has 1 N–H and O–H groups in total. The summed E-state index contributed by atoms with van der Waals surface area (Å²) in [5.41, 5.74) is 0.273. The van der Waals surface area contributed by atoms with Crippen LogP contribution in [0.15, 0.2) is 59.6 Å². The van der Waals surface area contributed by atoms with Crippen molar-refractivity contribution in [2.45, 2.75) is 24.5 Å². The van der Waals surface area contributed by atoms with Crippen molar-refractivity contribution in [3.63, 3.8) is 0 Å². The van der Waals surface area contributed by atoms with Crippen LogP contribution in [-0.2, 0) is 22.7 Å². The maximum Gasteiger partial charge on any atom is 0.416 e. The molecular formula is C18H15F3N2O2S. The van der Waals surface area contributed by atoms with E-state index < -0.39 is 26.7 Å². The van der Waals surface area contributed by atoms with Gasteiger partial charge in [0.25, 0.3) is 0 Å². The molecule has 0 aliphatic heterocycles. The number of hydrogen-bond donors (Lipinski definition) is 1. The van der Waals surface area contributed by atoms with Crippen LogP contribution in [0.1, 0.15) is 16.7 Å². The van der Waals surface area contributed by atoms with Crippen LogP contribution in [0.25, 0.3) is 10.9 Å². The molecule has 0 saturated heterocycles. The Balaban J connectivity index is 1.90. The molecular weight excluding hydrogens is 365 g/mol. The fraction of sp³-hybridized carbons (Fsp3) is 0.167. The van der Waals surface area contributed by atoms with Gasteiger partial charge in [-0.05, 0) is 36.2 Å². The Hall–Kier alpha value is -2.45. The molecule has 1 heterocycles. The van der Waals surface area contributed by atoms with E-state index in [-0.39, 0.29) is 12.1 Å². The van der Waals surface area contributed by atoms with Crippen molar-refractivity contribution in [2.24, 2.45) is 0 Å². The normalized spacial score (nSPS) is 12.5. The SMILES string of the molecule is Cc1ccc(S(=O)(=O)NCc2cccc3cccnc23)cc1C(F)(F)F. The molecule has 26 heavy (non-hydrogen) atoms. The summed E-state index contributed by atoms with van der Waals surface area (Å²) in [5, 5.41) is 0.846. The summed E-state index contributed by atoms with van der Waals surface area (Å²) in [6.45, 7) is 1.21. The molecule has 3 aromatic rings. The minimum atomic E-state index is -4.62. The molecule has 2 aromatic carbocycles. The van der Waals surface area contributed by atoms with E-state index in [1.54, 1.807) is 24.4 Å². The monoisotopic (exact) mass is 380 g/mol. The summed E-state index contributed by atoms with van der Waals surface area (Å²) in [7, 11) is -4.10. The maximum atomic E-state index is 13.0. The number of hydrogen-bond acceptors (Lipinski definition) is 3. The average Bonchev–Trinajstić information content (AvgIpc) is 2.59. The van der Waals surface area contributed by atoms with Crippen LogP contribution in [0, 0.1) is 6.92 Å². The van der Waals surface area contributed by atoms with Gasteiger partial charge in [-0.2, -0.15) is 13.2 Å². The number of nitrogens with one attached hydrogen (secondary N) is 1. The second kappa shape index (κ2) is 6.69. The fourth-order valence-electron chi connectivity index (χ4n) is 2.64. The molecule has 0 amide bonds. The molecule has 136 valence electrons. The lowest BCUT2D eigenvalue weighted by Crippen LogP contribution is -2.24. The molecule has 0 fully saturated rings. The van der Waals surface area contributed by atoms with Crippen molar-refractivity contribution in [1.29, 1.82) is 0 Å². The van der Waals surface area contributed by atoms with Crippen LogP contribution in [-0.4, -0.2) is 13.4 Å². The van der Waals surface area contributed by atoms with Crippen LogP contribution in [0.5, 0.6) is 0 Å². The highest BCUT2D eigenvalue weighted by atomic mass is 32.2. The first-order valence-corrected chi connectivity index (χ1v) is 9.17. The molecule has 0 atom stereocenters. The number of sulfonamides is 1. The van der Waals surface area contributed by atoms with Gasteiger partial charge in [0.15, 0.2) is 0 Å². The van der Waals surface area contributed by atoms with E-state index in [4.69, 9.17) is 0 Å². The van der Waals surface area contributed by atoms with E-state index in [1.807, 2.05) is 12.1 Å². The zero-order valence-electron chi connectivity index (χ0n) is 13.7. The first-order chi connectivity index (χ1) is 12.2. The van der Waals surface area contributed by atoms with E-state index >= 15 is 0 Å². The second-order valence-corrected chi connectivity index (χ2v) is 7.56. The number of alkyl halides is 3. The van der Waals surface area contributed by atoms with Crippen molar-refractivity contribution in [3.05, 3.63) is 71.4 Å². The molecule has 0 bridgehead atoms. The van der Waals surface area contributed by atoms with E-state index in [0.717, 1.165) is 17.5 Å². The third-order valence-corrected chi connectivity index (χ3v) is 5.39. The topological polar surface area (TPSA) is 59.1 Å². The Morgan fingerprint density at radius 1 is 1.08 bits per heavy atom. The molecule has 0 spiro atoms. The van der Waals surface area contributed by atoms with Gasteiger partial charge in [-0.25, -0.2) is 13.1 Å². The zero-order chi connectivity index (χ0) is 18.9. The number of rotatable bonds is 4. The van der Waals surface area contributed by atoms with Crippen molar-refractivity contribution in [3.8, 4) is 0 Å². The van der Waals surface area contributed by atoms with E-state index in [0.29, 0.717) is 17.1 Å². The van der Waals surface area contributed by atoms with Gasteiger partial charge in [0.1, 0.15) is 0 Å². The van der Waals surface area contributed by atoms with E-state index in [9.17, 15) is 21.6 Å². The highest BCUT2D eigenvalue weighted by molar-refractivity contribution is 7.89. The minimum Gasteiger partial charge on any atom is -0.256 e. The van der Waals surface area contributed by atoms with Crippen LogP contribution < -0.4 is 4.72 Å². The highest BCUT2D eigenvalue weighted by Gasteiger charge is 2.33. The summed E-state index contributed by atoms with van der Waals surface area (Å²) in [4.78, 5) is 3.80. The van der Waals surface area contributed by atoms with Crippen molar-refractivity contribution >= 4 is 20.9 Å². The van der Waals surface area contributed by atoms with Gasteiger partial charge in [-0.15, -0.1) is 0 Å². The summed E-state index contributed by atoms with van der Waals surface area (Å²) in [6, 6.07) is 11.9. The number of nitrogens with zero attached hydrogens (tertiary/aromatic N) is 1. The lowest BCUT2D eigenvalue weighted by Gasteiger charge is -2.13. The van der Waals surface area contributed by atoms with Crippen molar-refractivity contribution < 1.29 is 21.6 Å². The van der Waals surface area contributed by atoms with E-state index in [2.05, 4.69) is 9.71 Å². The molecule has 0 saturated carbocycles. The standard InChI is InChI=1S/C18H15F3N2O2S/c1-12-7-8-15(10-16(12)18(19,20)21)26(24,25)23-11-14-5-2-4-13-6-3-9-22-17(13)14/h2-10,23H,11H2,1H3. The number of para-hydroxylation sites is 1. The molecule has 0 unspecified atom stereocenters. The Morgan fingerprint density at radius 3 is 2.54 bits per heavy atom. The first-order valence-electron chi connectivity index (χ1n) is 7.68. The van der Waals surface area contributed by atoms with Crippen molar-refractivity contribution in [1.82, 2.24) is 9.71 Å². The third kappa shape index (κ3) is 3.71. The highest BCUT2D eigenvalue weighted by Crippen LogP contribution is 2.33. The van der Waals surface area contributed by atoms with Gasteiger partial charge in [-0.1, -0.05) is 30.3 Å². The number of halogens is 3. The van der Waals surface area contributed by atoms with Gasteiger partial charge in [0.05, 0.1) is 16.0 Å². The van der Waals surface area contributed by atoms with Gasteiger partial charge in [0.2, 0.25) is 10.0 Å². The van der Waals surface area contributed by atoms with Crippen molar-refractivity contribution in [2.75, 3.05) is 0 Å². The molecule has 8 heteroatoms. The number of fused-ring (bicyclic) bond motifs is 1. The molecule has 0 aliphatic carbocycles. The molecule has 1 aromatic heterocycles. The van der Waals surface area contributed by atoms with Crippen LogP contribution >= 0.6 is 0 Å². The molecule has 0 aliphatic rings. The third-order valence-electron chi connectivity index (χ3n) is 3.99. The predicted octanol–water partition coefficient (Wildman–Crippen LogP) is 4.04. The lowest BCUT2D eigenvalue weighted by atomic mass is 10.1. The fourth-order valence-corrected chi connectivity index (χ4v) is 3.67. The first kappa shape index (κ1) is 18.3. The van der Waals surface area contributed by atoms with E-state index in [1.165, 1.54) is 6.92 Å². The molecule has 0 radical (unpaired) electrons. The Morgan fingerprint density at radius 2 is 1.81 bits per heavy atom. The second-order valence-electron chi connectivity index (χ2n) is 5.79. The Labute approximate surface area is 148 Å². The number of aryl methyl sites for hydroxylation is 1. The molecule has 4 nitrogen and oxygen atoms in total. The summed E-state index contributed by atoms with van der Waals surface area (Å²) in [6.07, 6.45) is -3.02. The van der Waals surface area contributed by atoms with Gasteiger partial charge >= 0.3 is 6.18 Å². The number of pyridine rings is 1. The summed E-state index contributed by atoms with van der Waals surface area (Å²) in [5.74, 6) is 0. The maximum absolute atomic E-state index is 13.0. The van der Waals surface area contributed by atoms with Crippen LogP contribution in [0.2, 0.25) is 0 Å².